The second kappa shape index (κ2) is 1.83. The van der Waals surface area contributed by atoms with E-state index in [1.807, 2.05) is 18.2 Å². The summed E-state index contributed by atoms with van der Waals surface area (Å²) >= 11 is 0. The lowest BCUT2D eigenvalue weighted by Crippen LogP contribution is -1.85. The van der Waals surface area contributed by atoms with Crippen molar-refractivity contribution in [3.05, 3.63) is 33.8 Å². The molecule has 2 aliphatic heterocycles. The Hall–Kier alpha value is -0.830. The Bertz CT molecular complexity index is 297. The van der Waals surface area contributed by atoms with Crippen LogP contribution in [0.4, 0.5) is 0 Å². The lowest BCUT2D eigenvalue weighted by molar-refractivity contribution is 0.306. The first kappa shape index (κ1) is 5.92. The maximum atomic E-state index is 11.2. The minimum atomic E-state index is -0.927. The molecule has 52 valence electrons. The van der Waals surface area contributed by atoms with E-state index in [2.05, 4.69) is 0 Å². The summed E-state index contributed by atoms with van der Waals surface area (Å²) in [6.45, 7) is 0. The highest BCUT2D eigenvalue weighted by Gasteiger charge is 2.26. The molecule has 0 aromatic heterocycles. The molecule has 2 bridgehead atoms. The van der Waals surface area contributed by atoms with Gasteiger partial charge in [0, 0.05) is 4.91 Å². The van der Waals surface area contributed by atoms with E-state index < -0.39 is 10.8 Å². The van der Waals surface area contributed by atoms with Gasteiger partial charge >= 0.3 is 0 Å². The standard InChI is InChI=1S/C7H6O2S/c1-9-6-4-5-2-3-7(6)10(5)8/h2-4H,1H3. The molecule has 2 nitrogen and oxygen atoms in total. The van der Waals surface area contributed by atoms with Crippen molar-refractivity contribution >= 4 is 10.8 Å². The molecule has 1 atom stereocenters. The van der Waals surface area contributed by atoms with Gasteiger partial charge in [-0.25, -0.2) is 4.21 Å². The summed E-state index contributed by atoms with van der Waals surface area (Å²) in [7, 11) is 0.662. The fourth-order valence-electron chi connectivity index (χ4n) is 1.04. The minimum absolute atomic E-state index is 0.746. The van der Waals surface area contributed by atoms with Gasteiger partial charge in [-0.05, 0) is 18.2 Å². The molecule has 0 amide bonds. The van der Waals surface area contributed by atoms with Gasteiger partial charge in [-0.1, -0.05) is 0 Å². The van der Waals surface area contributed by atoms with E-state index in [0.717, 1.165) is 15.6 Å². The Labute approximate surface area is 61.3 Å². The molecule has 2 rings (SSSR count). The molecule has 2 heterocycles. The first-order valence-corrected chi connectivity index (χ1v) is 4.08. The van der Waals surface area contributed by atoms with Crippen LogP contribution >= 0.6 is 0 Å². The predicted octanol–water partition coefficient (Wildman–Crippen LogP) is 1.06. The number of hydrogen-bond donors (Lipinski definition) is 0. The molecule has 0 radical (unpaired) electrons. The third-order valence-electron chi connectivity index (χ3n) is 1.55. The van der Waals surface area contributed by atoms with Crippen LogP contribution in [0, 0.1) is 0 Å². The van der Waals surface area contributed by atoms with Crippen molar-refractivity contribution in [1.82, 2.24) is 0 Å². The van der Waals surface area contributed by atoms with Crippen molar-refractivity contribution in [2.24, 2.45) is 0 Å². The third kappa shape index (κ3) is 0.555. The molecule has 2 aliphatic rings. The Morgan fingerprint density at radius 1 is 1.50 bits per heavy atom. The summed E-state index contributed by atoms with van der Waals surface area (Å²) in [6, 6.07) is 0. The lowest BCUT2D eigenvalue weighted by Gasteiger charge is -1.97. The summed E-state index contributed by atoms with van der Waals surface area (Å²) in [5, 5.41) is 0. The summed E-state index contributed by atoms with van der Waals surface area (Å²) in [6.07, 6.45) is 5.50. The van der Waals surface area contributed by atoms with Gasteiger partial charge < -0.3 is 4.74 Å². The largest absolute Gasteiger partial charge is 0.495 e. The van der Waals surface area contributed by atoms with Gasteiger partial charge in [-0.15, -0.1) is 0 Å². The molecule has 0 aliphatic carbocycles. The minimum Gasteiger partial charge on any atom is -0.495 e. The number of methoxy groups -OCH3 is 1. The van der Waals surface area contributed by atoms with Gasteiger partial charge in [0.15, 0.2) is 0 Å². The van der Waals surface area contributed by atoms with Gasteiger partial charge in [-0.3, -0.25) is 0 Å². The molecule has 0 saturated heterocycles. The van der Waals surface area contributed by atoms with Gasteiger partial charge in [0.1, 0.15) is 5.76 Å². The van der Waals surface area contributed by atoms with Crippen LogP contribution in [0.5, 0.6) is 0 Å². The topological polar surface area (TPSA) is 26.3 Å². The lowest BCUT2D eigenvalue weighted by atomic mass is 10.3. The van der Waals surface area contributed by atoms with Gasteiger partial charge in [-0.2, -0.15) is 0 Å². The fourth-order valence-corrected chi connectivity index (χ4v) is 2.22. The number of hydrogen-bond acceptors (Lipinski definition) is 2. The van der Waals surface area contributed by atoms with E-state index in [-0.39, 0.29) is 0 Å². The van der Waals surface area contributed by atoms with E-state index in [1.54, 1.807) is 7.11 Å². The first-order chi connectivity index (χ1) is 4.83. The van der Waals surface area contributed by atoms with Crippen LogP contribution in [0.3, 0.4) is 0 Å². The molecule has 0 fully saturated rings. The number of rotatable bonds is 1. The van der Waals surface area contributed by atoms with Crippen molar-refractivity contribution in [2.45, 2.75) is 0 Å². The van der Waals surface area contributed by atoms with Gasteiger partial charge in [0.2, 0.25) is 0 Å². The molecular weight excluding hydrogens is 148 g/mol. The summed E-state index contributed by atoms with van der Waals surface area (Å²) in [4.78, 5) is 1.66. The highest BCUT2D eigenvalue weighted by Crippen LogP contribution is 2.33. The normalized spacial score (nSPS) is 27.7. The van der Waals surface area contributed by atoms with Crippen LogP contribution < -0.4 is 0 Å². The molecule has 0 N–H and O–H groups in total. The molecule has 0 saturated carbocycles. The van der Waals surface area contributed by atoms with E-state index in [9.17, 15) is 4.21 Å². The number of allylic oxidation sites excluding steroid dienone is 3. The van der Waals surface area contributed by atoms with Crippen molar-refractivity contribution < 1.29 is 8.95 Å². The van der Waals surface area contributed by atoms with E-state index in [4.69, 9.17) is 4.74 Å². The summed E-state index contributed by atoms with van der Waals surface area (Å²) in [5.74, 6) is 0.746. The van der Waals surface area contributed by atoms with E-state index in [1.165, 1.54) is 0 Å². The van der Waals surface area contributed by atoms with Crippen molar-refractivity contribution in [2.75, 3.05) is 7.11 Å². The third-order valence-corrected chi connectivity index (χ3v) is 2.97. The monoisotopic (exact) mass is 154 g/mol. The Morgan fingerprint density at radius 2 is 2.30 bits per heavy atom. The van der Waals surface area contributed by atoms with E-state index >= 15 is 0 Å². The second-order valence-corrected chi connectivity index (χ2v) is 3.53. The summed E-state index contributed by atoms with van der Waals surface area (Å²) < 4.78 is 16.2. The quantitative estimate of drug-likeness (QED) is 0.564. The predicted molar refractivity (Wildman–Crippen MR) is 39.4 cm³/mol. The van der Waals surface area contributed by atoms with Gasteiger partial charge in [0.25, 0.3) is 0 Å². The summed E-state index contributed by atoms with van der Waals surface area (Å²) in [5.41, 5.74) is 0. The van der Waals surface area contributed by atoms with Crippen LogP contribution in [0.2, 0.25) is 0 Å². The smallest absolute Gasteiger partial charge is 0.136 e. The highest BCUT2D eigenvalue weighted by molar-refractivity contribution is 7.94. The van der Waals surface area contributed by atoms with Crippen LogP contribution in [-0.2, 0) is 15.5 Å². The molecule has 0 spiro atoms. The molecule has 3 heteroatoms. The molecule has 0 aromatic rings. The molecule has 0 aromatic carbocycles. The average molecular weight is 154 g/mol. The van der Waals surface area contributed by atoms with Crippen molar-refractivity contribution in [3.63, 3.8) is 0 Å². The average Bonchev–Trinajstić information content (AvgIpc) is 2.46. The van der Waals surface area contributed by atoms with Crippen molar-refractivity contribution in [1.29, 1.82) is 0 Å². The van der Waals surface area contributed by atoms with Crippen LogP contribution in [0.15, 0.2) is 33.8 Å². The number of fused-ring (bicyclic) bond motifs is 2. The maximum absolute atomic E-state index is 11.2. The Morgan fingerprint density at radius 3 is 2.60 bits per heavy atom. The van der Waals surface area contributed by atoms with E-state index in [0.29, 0.717) is 0 Å². The Balaban J connectivity index is 2.57. The SMILES string of the molecule is COC1=C2C=CC(=C1)S2=O. The number of ether oxygens (including phenoxy) is 1. The zero-order valence-corrected chi connectivity index (χ0v) is 6.27. The zero-order valence-electron chi connectivity index (χ0n) is 5.46. The fraction of sp³-hybridized carbons (Fsp3) is 0.143. The zero-order chi connectivity index (χ0) is 7.14. The highest BCUT2D eigenvalue weighted by atomic mass is 32.2. The molecule has 1 unspecified atom stereocenters. The van der Waals surface area contributed by atoms with Gasteiger partial charge in [0.05, 0.1) is 22.8 Å². The first-order valence-electron chi connectivity index (χ1n) is 2.93. The van der Waals surface area contributed by atoms with Crippen LogP contribution in [0.1, 0.15) is 0 Å². The maximum Gasteiger partial charge on any atom is 0.136 e. The Kier molecular flexibility index (Phi) is 1.08. The molecule has 10 heavy (non-hydrogen) atoms. The molecular formula is C7H6O2S. The van der Waals surface area contributed by atoms with Crippen LogP contribution in [-0.4, -0.2) is 11.3 Å². The van der Waals surface area contributed by atoms with Crippen LogP contribution in [0.25, 0.3) is 0 Å². The second-order valence-electron chi connectivity index (χ2n) is 2.08. The van der Waals surface area contributed by atoms with Crippen molar-refractivity contribution in [3.8, 4) is 0 Å².